The van der Waals surface area contributed by atoms with Gasteiger partial charge in [0.1, 0.15) is 18.2 Å². The third-order valence-electron chi connectivity index (χ3n) is 5.44. The van der Waals surface area contributed by atoms with Crippen molar-refractivity contribution in [1.82, 2.24) is 14.9 Å². The van der Waals surface area contributed by atoms with Crippen molar-refractivity contribution in [3.63, 3.8) is 0 Å². The van der Waals surface area contributed by atoms with E-state index in [2.05, 4.69) is 37.7 Å². The van der Waals surface area contributed by atoms with Gasteiger partial charge in [-0.2, -0.15) is 0 Å². The van der Waals surface area contributed by atoms with E-state index in [1.807, 2.05) is 0 Å². The van der Waals surface area contributed by atoms with Crippen LogP contribution < -0.4 is 4.90 Å². The highest BCUT2D eigenvalue weighted by Gasteiger charge is 2.37. The van der Waals surface area contributed by atoms with Gasteiger partial charge in [-0.05, 0) is 36.6 Å². The Labute approximate surface area is 176 Å². The quantitative estimate of drug-likeness (QED) is 0.700. The third-order valence-corrected chi connectivity index (χ3v) is 5.97. The number of fused-ring (bicyclic) bond motifs is 1. The van der Waals surface area contributed by atoms with E-state index in [1.165, 1.54) is 11.2 Å². The zero-order valence-corrected chi connectivity index (χ0v) is 17.5. The number of benzene rings is 1. The Morgan fingerprint density at radius 2 is 1.83 bits per heavy atom. The summed E-state index contributed by atoms with van der Waals surface area (Å²) < 4.78 is 6.67. The number of carbonyl (C=O) groups is 2. The van der Waals surface area contributed by atoms with Crippen LogP contribution in [-0.2, 0) is 4.74 Å². The van der Waals surface area contributed by atoms with Gasteiger partial charge in [-0.3, -0.25) is 0 Å². The molecule has 1 aromatic carbocycles. The van der Waals surface area contributed by atoms with Crippen LogP contribution in [0.1, 0.15) is 47.0 Å². The van der Waals surface area contributed by atoms with Crippen LogP contribution in [0.4, 0.5) is 10.6 Å². The van der Waals surface area contributed by atoms with E-state index in [9.17, 15) is 9.59 Å². The molecule has 1 aliphatic heterocycles. The number of hydrogen-bond acceptors (Lipinski definition) is 6. The van der Waals surface area contributed by atoms with Crippen LogP contribution in [-0.4, -0.2) is 58.2 Å². The molecule has 0 saturated carbocycles. The number of carbonyl (C=O) groups excluding carboxylic acids is 1. The Morgan fingerprint density at radius 1 is 1.14 bits per heavy atom. The maximum absolute atomic E-state index is 12.6. The predicted octanol–water partition coefficient (Wildman–Crippen LogP) is 3.44. The average molecular weight is 461 g/mol. The van der Waals surface area contributed by atoms with Gasteiger partial charge < -0.3 is 19.6 Å². The highest BCUT2D eigenvalue weighted by atomic mass is 79.9. The van der Waals surface area contributed by atoms with E-state index >= 15 is 0 Å². The summed E-state index contributed by atoms with van der Waals surface area (Å²) in [6, 6.07) is 7.05. The van der Waals surface area contributed by atoms with Gasteiger partial charge in [0.05, 0.1) is 11.3 Å². The summed E-state index contributed by atoms with van der Waals surface area (Å²) >= 11 is 3.36. The molecule has 0 radical (unpaired) electrons. The summed E-state index contributed by atoms with van der Waals surface area (Å²) in [5.74, 6) is 0.578. The summed E-state index contributed by atoms with van der Waals surface area (Å²) in [4.78, 5) is 36.1. The lowest BCUT2D eigenvalue weighted by Crippen LogP contribution is -2.48. The highest BCUT2D eigenvalue weighted by molar-refractivity contribution is 9.10. The number of hydrogen-bond donors (Lipinski definition) is 1. The maximum Gasteiger partial charge on any atom is 0.407 e. The second kappa shape index (κ2) is 7.98. The van der Waals surface area contributed by atoms with Crippen molar-refractivity contribution >= 4 is 33.8 Å². The smallest absolute Gasteiger partial charge is 0.407 e. The number of carboxylic acid groups (broad SMARTS) is 1. The number of anilines is 1. The molecular weight excluding hydrogens is 440 g/mol. The highest BCUT2D eigenvalue weighted by Crippen LogP contribution is 2.45. The molecule has 0 bridgehead atoms. The number of rotatable bonds is 3. The molecule has 152 valence electrons. The van der Waals surface area contributed by atoms with Crippen molar-refractivity contribution < 1.29 is 19.4 Å². The molecule has 0 spiro atoms. The molecule has 2 aromatic rings. The van der Waals surface area contributed by atoms with Crippen LogP contribution in [0, 0.1) is 0 Å². The molecule has 29 heavy (non-hydrogen) atoms. The number of esters is 1. The van der Waals surface area contributed by atoms with Crippen LogP contribution >= 0.6 is 15.9 Å². The lowest BCUT2D eigenvalue weighted by molar-refractivity contribution is 0.0284. The average Bonchev–Trinajstić information content (AvgIpc) is 3.04. The van der Waals surface area contributed by atoms with E-state index in [4.69, 9.17) is 9.84 Å². The zero-order chi connectivity index (χ0) is 20.5. The first-order valence-corrected chi connectivity index (χ1v) is 10.3. The van der Waals surface area contributed by atoms with Gasteiger partial charge in [0.25, 0.3) is 0 Å². The van der Waals surface area contributed by atoms with Gasteiger partial charge in [0.15, 0.2) is 0 Å². The number of nitrogens with zero attached hydrogens (tertiary/aromatic N) is 4. The SMILES string of the molecule is C[C@@H]1C[C@H](OC(=O)c2ccc(Br)cc2)c2ncnc(N3CCN(C(=O)O)CC3)c21. The normalized spacial score (nSPS) is 21.0. The molecule has 2 atom stereocenters. The van der Waals surface area contributed by atoms with E-state index in [0.29, 0.717) is 38.2 Å². The van der Waals surface area contributed by atoms with E-state index in [1.54, 1.807) is 24.3 Å². The predicted molar refractivity (Wildman–Crippen MR) is 109 cm³/mol. The van der Waals surface area contributed by atoms with Crippen LogP contribution in [0.15, 0.2) is 35.1 Å². The number of amides is 1. The minimum atomic E-state index is -0.897. The summed E-state index contributed by atoms with van der Waals surface area (Å²) in [6.07, 6.45) is 0.832. The van der Waals surface area contributed by atoms with Gasteiger partial charge >= 0.3 is 12.1 Å². The van der Waals surface area contributed by atoms with E-state index in [-0.39, 0.29) is 11.9 Å². The summed E-state index contributed by atoms with van der Waals surface area (Å²) in [5.41, 5.74) is 2.23. The van der Waals surface area contributed by atoms with Crippen molar-refractivity contribution in [2.45, 2.75) is 25.4 Å². The Hall–Kier alpha value is -2.68. The van der Waals surface area contributed by atoms with Gasteiger partial charge in [0.2, 0.25) is 0 Å². The van der Waals surface area contributed by atoms with E-state index in [0.717, 1.165) is 21.5 Å². The molecule has 2 heterocycles. The van der Waals surface area contributed by atoms with Crippen LogP contribution in [0.25, 0.3) is 0 Å². The summed E-state index contributed by atoms with van der Waals surface area (Å²) in [5, 5.41) is 9.15. The van der Waals surface area contributed by atoms with Crippen LogP contribution in [0.5, 0.6) is 0 Å². The first-order valence-electron chi connectivity index (χ1n) is 9.48. The fraction of sp³-hybridized carbons (Fsp3) is 0.400. The second-order valence-electron chi connectivity index (χ2n) is 7.29. The fourth-order valence-electron chi connectivity index (χ4n) is 3.93. The largest absolute Gasteiger partial charge is 0.465 e. The number of aromatic nitrogens is 2. The molecule has 1 saturated heterocycles. The minimum absolute atomic E-state index is 0.140. The molecule has 1 amide bonds. The van der Waals surface area contributed by atoms with Crippen molar-refractivity contribution in [3.8, 4) is 0 Å². The monoisotopic (exact) mass is 460 g/mol. The zero-order valence-electron chi connectivity index (χ0n) is 15.9. The molecular formula is C20H21BrN4O4. The second-order valence-corrected chi connectivity index (χ2v) is 8.21. The molecule has 4 rings (SSSR count). The molecule has 1 fully saturated rings. The van der Waals surface area contributed by atoms with Crippen molar-refractivity contribution in [1.29, 1.82) is 0 Å². The van der Waals surface area contributed by atoms with Gasteiger partial charge in [-0.25, -0.2) is 19.6 Å². The minimum Gasteiger partial charge on any atom is -0.465 e. The van der Waals surface area contributed by atoms with Gasteiger partial charge in [-0.15, -0.1) is 0 Å². The Balaban J connectivity index is 1.53. The topological polar surface area (TPSA) is 95.9 Å². The number of halogens is 1. The summed E-state index contributed by atoms with van der Waals surface area (Å²) in [7, 11) is 0. The van der Waals surface area contributed by atoms with E-state index < -0.39 is 12.2 Å². The first-order chi connectivity index (χ1) is 13.9. The Kier molecular flexibility index (Phi) is 5.40. The molecule has 8 nitrogen and oxygen atoms in total. The fourth-order valence-corrected chi connectivity index (χ4v) is 4.19. The molecule has 2 aliphatic rings. The molecule has 1 aromatic heterocycles. The van der Waals surface area contributed by atoms with Gasteiger partial charge in [-0.1, -0.05) is 22.9 Å². The molecule has 0 unspecified atom stereocenters. The number of ether oxygens (including phenoxy) is 1. The van der Waals surface area contributed by atoms with Crippen molar-refractivity contribution in [2.24, 2.45) is 0 Å². The molecule has 9 heteroatoms. The summed E-state index contributed by atoms with van der Waals surface area (Å²) in [6.45, 7) is 4.10. The standard InChI is InChI=1S/C20H21BrN4O4/c1-12-10-15(29-19(26)13-2-4-14(21)5-3-13)17-16(12)18(23-11-22-17)24-6-8-25(9-7-24)20(27)28/h2-5,11-12,15H,6-10H2,1H3,(H,27,28)/t12-,15+/m1/s1. The molecule has 1 aliphatic carbocycles. The lowest BCUT2D eigenvalue weighted by atomic mass is 10.1. The van der Waals surface area contributed by atoms with Crippen molar-refractivity contribution in [3.05, 3.63) is 51.9 Å². The van der Waals surface area contributed by atoms with Gasteiger partial charge in [0, 0.05) is 36.2 Å². The first kappa shape index (κ1) is 19.6. The third kappa shape index (κ3) is 3.91. The Bertz CT molecular complexity index is 929. The maximum atomic E-state index is 12.6. The van der Waals surface area contributed by atoms with Crippen LogP contribution in [0.2, 0.25) is 0 Å². The Morgan fingerprint density at radius 3 is 2.48 bits per heavy atom. The lowest BCUT2D eigenvalue weighted by Gasteiger charge is -2.35. The van der Waals surface area contributed by atoms with Crippen LogP contribution in [0.3, 0.4) is 0 Å². The number of piperazine rings is 1. The molecule has 1 N–H and O–H groups in total. The van der Waals surface area contributed by atoms with Crippen molar-refractivity contribution in [2.75, 3.05) is 31.1 Å².